The molecular weight excluding hydrogens is 518 g/mol. The molecule has 1 fully saturated rings. The van der Waals surface area contributed by atoms with E-state index in [1.54, 1.807) is 18.3 Å². The van der Waals surface area contributed by atoms with Crippen LogP contribution in [0.15, 0.2) is 66.9 Å². The van der Waals surface area contributed by atoms with E-state index in [4.69, 9.17) is 26.4 Å². The lowest BCUT2D eigenvalue weighted by atomic mass is 9.96. The second-order valence-electron chi connectivity index (χ2n) is 9.31. The molecule has 0 amide bonds. The van der Waals surface area contributed by atoms with Crippen molar-refractivity contribution < 1.29 is 19.1 Å². The van der Waals surface area contributed by atoms with Gasteiger partial charge in [0.1, 0.15) is 11.4 Å². The Labute approximate surface area is 229 Å². The lowest BCUT2D eigenvalue weighted by Crippen LogP contribution is -2.29. The van der Waals surface area contributed by atoms with Crippen molar-refractivity contribution in [3.63, 3.8) is 0 Å². The van der Waals surface area contributed by atoms with E-state index in [-0.39, 0.29) is 24.6 Å². The first-order chi connectivity index (χ1) is 18.9. The summed E-state index contributed by atoms with van der Waals surface area (Å²) in [6.45, 7) is 4.07. The van der Waals surface area contributed by atoms with Crippen LogP contribution in [0, 0.1) is 24.0 Å². The molecule has 1 N–H and O–H groups in total. The molecule has 6 rings (SSSR count). The fourth-order valence-corrected chi connectivity index (χ4v) is 5.75. The molecule has 4 heterocycles. The molecule has 0 unspecified atom stereocenters. The second-order valence-corrected chi connectivity index (χ2v) is 9.69. The Bertz CT molecular complexity index is 1610. The van der Waals surface area contributed by atoms with E-state index >= 15 is 0 Å². The van der Waals surface area contributed by atoms with Crippen LogP contribution in [0.4, 0.5) is 11.4 Å². The van der Waals surface area contributed by atoms with E-state index in [2.05, 4.69) is 16.4 Å². The molecule has 2 aliphatic rings. The highest BCUT2D eigenvalue weighted by molar-refractivity contribution is 7.80. The molecule has 2 atom stereocenters. The van der Waals surface area contributed by atoms with Gasteiger partial charge in [-0.2, -0.15) is 0 Å². The van der Waals surface area contributed by atoms with Gasteiger partial charge in [0.2, 0.25) is 6.79 Å². The van der Waals surface area contributed by atoms with Gasteiger partial charge < -0.3 is 29.0 Å². The van der Waals surface area contributed by atoms with Crippen molar-refractivity contribution in [2.45, 2.75) is 25.9 Å². The molecule has 198 valence electrons. The number of nitro benzene ring substituents is 1. The fraction of sp³-hybridized carbons (Fsp3) is 0.214. The first-order valence-corrected chi connectivity index (χ1v) is 12.7. The van der Waals surface area contributed by atoms with E-state index < -0.39 is 4.92 Å². The number of methoxy groups -OCH3 is 1. The number of thiocarbonyl (C=S) groups is 1. The smallest absolute Gasteiger partial charge is 0.296 e. The number of pyridine rings is 1. The van der Waals surface area contributed by atoms with Crippen molar-refractivity contribution in [2.75, 3.05) is 18.8 Å². The van der Waals surface area contributed by atoms with E-state index in [9.17, 15) is 10.1 Å². The first kappa shape index (κ1) is 24.7. The Balaban J connectivity index is 1.52. The molecule has 0 radical (unpaired) electrons. The average Bonchev–Trinajstić information content (AvgIpc) is 3.63. The predicted molar refractivity (Wildman–Crippen MR) is 149 cm³/mol. The minimum Gasteiger partial charge on any atom is -0.496 e. The van der Waals surface area contributed by atoms with Gasteiger partial charge in [0, 0.05) is 29.3 Å². The Morgan fingerprint density at radius 1 is 1.10 bits per heavy atom. The predicted octanol–water partition coefficient (Wildman–Crippen LogP) is 5.31. The SMILES string of the molecule is COc1ccc(-n2c(C)cc([C@@H]3[C@@H](c4ccccn4)NC(=S)N3c3ccc4c(c3)OCO4)c2C)c([N+](=O)[O-])c1. The van der Waals surface area contributed by atoms with Crippen LogP contribution in [0.1, 0.15) is 34.7 Å². The van der Waals surface area contributed by atoms with Gasteiger partial charge in [-0.15, -0.1) is 0 Å². The summed E-state index contributed by atoms with van der Waals surface area (Å²) in [6, 6.07) is 17.9. The number of hydrogen-bond donors (Lipinski definition) is 1. The third kappa shape index (κ3) is 4.11. The van der Waals surface area contributed by atoms with Crippen molar-refractivity contribution in [2.24, 2.45) is 0 Å². The van der Waals surface area contributed by atoms with Crippen LogP contribution in [0.25, 0.3) is 5.69 Å². The van der Waals surface area contributed by atoms with Gasteiger partial charge in [0.15, 0.2) is 16.6 Å². The van der Waals surface area contributed by atoms with Crippen molar-refractivity contribution in [3.8, 4) is 22.9 Å². The molecule has 11 heteroatoms. The maximum absolute atomic E-state index is 12.0. The number of nitrogens with zero attached hydrogens (tertiary/aromatic N) is 4. The summed E-state index contributed by atoms with van der Waals surface area (Å²) < 4.78 is 18.3. The second kappa shape index (κ2) is 9.59. The highest BCUT2D eigenvalue weighted by atomic mass is 32.1. The number of hydrogen-bond acceptors (Lipinski definition) is 7. The van der Waals surface area contributed by atoms with Crippen molar-refractivity contribution in [1.29, 1.82) is 0 Å². The molecule has 10 nitrogen and oxygen atoms in total. The van der Waals surface area contributed by atoms with Crippen molar-refractivity contribution in [1.82, 2.24) is 14.9 Å². The first-order valence-electron chi connectivity index (χ1n) is 12.3. The number of aromatic nitrogens is 2. The molecule has 2 aliphatic heterocycles. The molecule has 2 aromatic carbocycles. The number of benzene rings is 2. The Kier molecular flexibility index (Phi) is 6.07. The summed E-state index contributed by atoms with van der Waals surface area (Å²) in [5, 5.41) is 16.0. The summed E-state index contributed by atoms with van der Waals surface area (Å²) >= 11 is 5.87. The van der Waals surface area contributed by atoms with Gasteiger partial charge in [-0.1, -0.05) is 6.07 Å². The Morgan fingerprint density at radius 3 is 2.67 bits per heavy atom. The largest absolute Gasteiger partial charge is 0.496 e. The monoisotopic (exact) mass is 543 g/mol. The maximum Gasteiger partial charge on any atom is 0.296 e. The zero-order valence-electron chi connectivity index (χ0n) is 21.5. The van der Waals surface area contributed by atoms with E-state index in [1.165, 1.54) is 13.2 Å². The summed E-state index contributed by atoms with van der Waals surface area (Å²) in [4.78, 5) is 18.3. The number of anilines is 1. The number of rotatable bonds is 6. The molecule has 39 heavy (non-hydrogen) atoms. The number of fused-ring (bicyclic) bond motifs is 1. The van der Waals surface area contributed by atoms with Crippen LogP contribution in [-0.2, 0) is 0 Å². The van der Waals surface area contributed by atoms with Crippen LogP contribution >= 0.6 is 12.2 Å². The summed E-state index contributed by atoms with van der Waals surface area (Å²) in [5.74, 6) is 1.75. The maximum atomic E-state index is 12.0. The van der Waals surface area contributed by atoms with Gasteiger partial charge in [-0.3, -0.25) is 15.1 Å². The zero-order valence-corrected chi connectivity index (χ0v) is 22.3. The third-order valence-electron chi connectivity index (χ3n) is 7.14. The van der Waals surface area contributed by atoms with Crippen LogP contribution in [0.5, 0.6) is 17.2 Å². The van der Waals surface area contributed by atoms with Gasteiger partial charge in [0.05, 0.1) is 35.9 Å². The topological polar surface area (TPSA) is 104 Å². The number of nitrogens with one attached hydrogen (secondary N) is 1. The lowest BCUT2D eigenvalue weighted by molar-refractivity contribution is -0.384. The van der Waals surface area contributed by atoms with E-state index in [0.29, 0.717) is 28.0 Å². The normalized spacial score (nSPS) is 17.8. The van der Waals surface area contributed by atoms with Crippen LogP contribution in [0.3, 0.4) is 0 Å². The molecule has 0 aliphatic carbocycles. The number of nitro groups is 1. The summed E-state index contributed by atoms with van der Waals surface area (Å²) in [5.41, 5.74) is 4.73. The van der Waals surface area contributed by atoms with Crippen LogP contribution in [0.2, 0.25) is 0 Å². The molecule has 1 saturated heterocycles. The van der Waals surface area contributed by atoms with Crippen LogP contribution in [-0.4, -0.2) is 33.5 Å². The van der Waals surface area contributed by atoms with E-state index in [1.807, 2.05) is 59.7 Å². The number of ether oxygens (including phenoxy) is 3. The standard InChI is InChI=1S/C28H25N5O5S/c1-16-12-20(17(2)31(16)22-9-8-19(36-3)14-23(22)33(34)35)27-26(21-6-4-5-11-29-21)30-28(39)32(27)18-7-10-24-25(13-18)38-15-37-24/h4-14,26-27H,15H2,1-3H3,(H,30,39)/t26-,27-/m1/s1. The summed E-state index contributed by atoms with van der Waals surface area (Å²) in [6.07, 6.45) is 1.75. The minimum atomic E-state index is -0.391. The van der Waals surface area contributed by atoms with Crippen molar-refractivity contribution in [3.05, 3.63) is 99.6 Å². The molecule has 0 saturated carbocycles. The van der Waals surface area contributed by atoms with Crippen LogP contribution < -0.4 is 24.4 Å². The lowest BCUT2D eigenvalue weighted by Gasteiger charge is -2.28. The molecule has 2 aromatic heterocycles. The highest BCUT2D eigenvalue weighted by Gasteiger charge is 2.43. The third-order valence-corrected chi connectivity index (χ3v) is 7.46. The molecule has 4 aromatic rings. The Morgan fingerprint density at radius 2 is 1.92 bits per heavy atom. The molecule has 0 spiro atoms. The Hall–Kier alpha value is -4.64. The van der Waals surface area contributed by atoms with Gasteiger partial charge in [-0.25, -0.2) is 0 Å². The molecular formula is C28H25N5O5S. The fourth-order valence-electron chi connectivity index (χ4n) is 5.41. The molecule has 0 bridgehead atoms. The number of aryl methyl sites for hydroxylation is 1. The van der Waals surface area contributed by atoms with Gasteiger partial charge in [0.25, 0.3) is 5.69 Å². The van der Waals surface area contributed by atoms with Gasteiger partial charge >= 0.3 is 0 Å². The van der Waals surface area contributed by atoms with Crippen molar-refractivity contribution >= 4 is 28.7 Å². The summed E-state index contributed by atoms with van der Waals surface area (Å²) in [7, 11) is 1.49. The minimum absolute atomic E-state index is 0.0447. The average molecular weight is 544 g/mol. The zero-order chi connectivity index (χ0) is 27.3. The highest BCUT2D eigenvalue weighted by Crippen LogP contribution is 2.46. The van der Waals surface area contributed by atoms with Gasteiger partial charge in [-0.05, 0) is 74.1 Å². The van der Waals surface area contributed by atoms with E-state index in [0.717, 1.165) is 28.3 Å². The quantitative estimate of drug-likeness (QED) is 0.197.